The molecule has 0 atom stereocenters. The van der Waals surface area contributed by atoms with Crippen LogP contribution in [0.25, 0.3) is 0 Å². The molecule has 7 heteroatoms. The molecule has 1 aromatic rings. The molecule has 1 aliphatic heterocycles. The number of fused-ring (bicyclic) bond motifs is 1. The number of carbonyl (C=O) groups is 1. The summed E-state index contributed by atoms with van der Waals surface area (Å²) in [6.07, 6.45) is 3.21. The third-order valence-electron chi connectivity index (χ3n) is 4.46. The van der Waals surface area contributed by atoms with Gasteiger partial charge in [-0.3, -0.25) is 9.79 Å². The largest absolute Gasteiger partial charge is 0.385 e. The van der Waals surface area contributed by atoms with Crippen LogP contribution in [-0.2, 0) is 22.5 Å². The van der Waals surface area contributed by atoms with Gasteiger partial charge < -0.3 is 20.3 Å². The van der Waals surface area contributed by atoms with Crippen molar-refractivity contribution in [2.45, 2.75) is 39.2 Å². The van der Waals surface area contributed by atoms with Crippen LogP contribution in [0.3, 0.4) is 0 Å². The van der Waals surface area contributed by atoms with Crippen LogP contribution in [0.1, 0.15) is 37.3 Å². The highest BCUT2D eigenvalue weighted by molar-refractivity contribution is 14.0. The fourth-order valence-electron chi connectivity index (χ4n) is 3.05. The highest BCUT2D eigenvalue weighted by atomic mass is 127. The molecular weight excluding hydrogens is 455 g/mol. The summed E-state index contributed by atoms with van der Waals surface area (Å²) in [6.45, 7) is 6.64. The topological polar surface area (TPSA) is 66.0 Å². The van der Waals surface area contributed by atoms with Crippen molar-refractivity contribution >= 4 is 35.8 Å². The molecule has 0 radical (unpaired) electrons. The highest BCUT2D eigenvalue weighted by Gasteiger charge is 2.19. The molecule has 27 heavy (non-hydrogen) atoms. The molecule has 2 N–H and O–H groups in total. The van der Waals surface area contributed by atoms with Crippen LogP contribution in [0.5, 0.6) is 0 Å². The molecule has 0 bridgehead atoms. The summed E-state index contributed by atoms with van der Waals surface area (Å²) in [6, 6.07) is 8.40. The molecule has 1 aromatic carbocycles. The molecule has 0 saturated carbocycles. The van der Waals surface area contributed by atoms with Gasteiger partial charge >= 0.3 is 0 Å². The van der Waals surface area contributed by atoms with Gasteiger partial charge in [0.05, 0.1) is 0 Å². The van der Waals surface area contributed by atoms with Gasteiger partial charge in [-0.25, -0.2) is 0 Å². The van der Waals surface area contributed by atoms with Crippen LogP contribution < -0.4 is 10.6 Å². The predicted molar refractivity (Wildman–Crippen MR) is 121 cm³/mol. The van der Waals surface area contributed by atoms with E-state index >= 15 is 0 Å². The van der Waals surface area contributed by atoms with Gasteiger partial charge in [0, 0.05) is 52.9 Å². The SMILES string of the molecule is CCNC(=NCCCC(=O)N1CCc2ccccc2C1)NCCCOC.I. The standard InChI is InChI=1S/C20H32N4O2.HI/c1-3-21-20(23-13-7-15-26-2)22-12-6-10-19(25)24-14-11-17-8-4-5-9-18(17)16-24;/h4-5,8-9H,3,6-7,10-16H2,1-2H3,(H2,21,22,23);1H. The zero-order valence-electron chi connectivity index (χ0n) is 16.5. The second kappa shape index (κ2) is 13.8. The number of hydrogen-bond acceptors (Lipinski definition) is 3. The van der Waals surface area contributed by atoms with Crippen molar-refractivity contribution in [3.63, 3.8) is 0 Å². The zero-order chi connectivity index (χ0) is 18.6. The van der Waals surface area contributed by atoms with Gasteiger partial charge in [-0.1, -0.05) is 24.3 Å². The summed E-state index contributed by atoms with van der Waals surface area (Å²) in [5.74, 6) is 1.04. The first-order valence-corrected chi connectivity index (χ1v) is 9.60. The normalized spacial score (nSPS) is 13.6. The molecule has 0 aliphatic carbocycles. The van der Waals surface area contributed by atoms with Crippen molar-refractivity contribution in [1.82, 2.24) is 15.5 Å². The Bertz CT molecular complexity index is 595. The van der Waals surface area contributed by atoms with E-state index < -0.39 is 0 Å². The van der Waals surface area contributed by atoms with Crippen LogP contribution in [0.4, 0.5) is 0 Å². The number of nitrogens with one attached hydrogen (secondary N) is 2. The number of carbonyl (C=O) groups excluding carboxylic acids is 1. The summed E-state index contributed by atoms with van der Waals surface area (Å²) in [4.78, 5) is 19.0. The lowest BCUT2D eigenvalue weighted by Gasteiger charge is -2.28. The van der Waals surface area contributed by atoms with Crippen molar-refractivity contribution in [2.24, 2.45) is 4.99 Å². The first-order valence-electron chi connectivity index (χ1n) is 9.60. The quantitative estimate of drug-likeness (QED) is 0.243. The summed E-state index contributed by atoms with van der Waals surface area (Å²) < 4.78 is 5.05. The molecule has 1 amide bonds. The van der Waals surface area contributed by atoms with Crippen molar-refractivity contribution in [3.05, 3.63) is 35.4 Å². The minimum atomic E-state index is 0. The van der Waals surface area contributed by atoms with Crippen LogP contribution in [0, 0.1) is 0 Å². The molecule has 0 spiro atoms. The van der Waals surface area contributed by atoms with E-state index in [1.54, 1.807) is 7.11 Å². The lowest BCUT2D eigenvalue weighted by molar-refractivity contribution is -0.132. The molecule has 1 aliphatic rings. The molecule has 1 heterocycles. The molecule has 0 fully saturated rings. The van der Waals surface area contributed by atoms with Crippen LogP contribution in [0.2, 0.25) is 0 Å². The van der Waals surface area contributed by atoms with Crippen molar-refractivity contribution in [3.8, 4) is 0 Å². The van der Waals surface area contributed by atoms with E-state index in [4.69, 9.17) is 4.74 Å². The Kier molecular flexibility index (Phi) is 12.1. The van der Waals surface area contributed by atoms with E-state index in [0.29, 0.717) is 13.0 Å². The summed E-state index contributed by atoms with van der Waals surface area (Å²) in [7, 11) is 1.71. The molecule has 2 rings (SSSR count). The second-order valence-electron chi connectivity index (χ2n) is 6.47. The number of halogens is 1. The predicted octanol–water partition coefficient (Wildman–Crippen LogP) is 2.56. The molecule has 0 aromatic heterocycles. The maximum atomic E-state index is 12.5. The van der Waals surface area contributed by atoms with Gasteiger partial charge in [-0.15, -0.1) is 24.0 Å². The fraction of sp³-hybridized carbons (Fsp3) is 0.600. The molecule has 0 saturated heterocycles. The number of ether oxygens (including phenoxy) is 1. The number of amides is 1. The van der Waals surface area contributed by atoms with Gasteiger partial charge in [0.15, 0.2) is 5.96 Å². The van der Waals surface area contributed by atoms with E-state index in [1.165, 1.54) is 11.1 Å². The molecule has 152 valence electrons. The Morgan fingerprint density at radius 1 is 1.22 bits per heavy atom. The van der Waals surface area contributed by atoms with Crippen LogP contribution in [-0.4, -0.2) is 56.7 Å². The Hall–Kier alpha value is -1.35. The number of benzene rings is 1. The number of rotatable bonds is 9. The minimum absolute atomic E-state index is 0. The number of methoxy groups -OCH3 is 1. The average molecular weight is 488 g/mol. The highest BCUT2D eigenvalue weighted by Crippen LogP contribution is 2.19. The Labute approximate surface area is 180 Å². The van der Waals surface area contributed by atoms with Gasteiger partial charge in [-0.2, -0.15) is 0 Å². The minimum Gasteiger partial charge on any atom is -0.385 e. The zero-order valence-corrected chi connectivity index (χ0v) is 18.8. The Morgan fingerprint density at radius 2 is 2.00 bits per heavy atom. The van der Waals surface area contributed by atoms with E-state index in [0.717, 1.165) is 58.0 Å². The van der Waals surface area contributed by atoms with E-state index in [-0.39, 0.29) is 29.9 Å². The maximum Gasteiger partial charge on any atom is 0.222 e. The maximum absolute atomic E-state index is 12.5. The van der Waals surface area contributed by atoms with Crippen molar-refractivity contribution in [1.29, 1.82) is 0 Å². The monoisotopic (exact) mass is 488 g/mol. The average Bonchev–Trinajstić information content (AvgIpc) is 2.67. The van der Waals surface area contributed by atoms with Crippen molar-refractivity contribution < 1.29 is 9.53 Å². The van der Waals surface area contributed by atoms with Crippen LogP contribution in [0.15, 0.2) is 29.3 Å². The molecular formula is C20H33IN4O2. The van der Waals surface area contributed by atoms with Crippen LogP contribution >= 0.6 is 24.0 Å². The van der Waals surface area contributed by atoms with E-state index in [2.05, 4.69) is 33.8 Å². The van der Waals surface area contributed by atoms with E-state index in [9.17, 15) is 4.79 Å². The lowest BCUT2D eigenvalue weighted by Crippen LogP contribution is -2.38. The summed E-state index contributed by atoms with van der Waals surface area (Å²) in [5, 5.41) is 6.51. The fourth-order valence-corrected chi connectivity index (χ4v) is 3.05. The third kappa shape index (κ3) is 8.47. The smallest absolute Gasteiger partial charge is 0.222 e. The number of guanidine groups is 1. The lowest BCUT2D eigenvalue weighted by atomic mass is 9.99. The first-order chi connectivity index (χ1) is 12.7. The van der Waals surface area contributed by atoms with Gasteiger partial charge in [0.2, 0.25) is 5.91 Å². The second-order valence-corrected chi connectivity index (χ2v) is 6.47. The third-order valence-corrected chi connectivity index (χ3v) is 4.46. The van der Waals surface area contributed by atoms with Gasteiger partial charge in [0.1, 0.15) is 0 Å². The molecule has 6 nitrogen and oxygen atoms in total. The Morgan fingerprint density at radius 3 is 2.74 bits per heavy atom. The van der Waals surface area contributed by atoms with Gasteiger partial charge in [0.25, 0.3) is 0 Å². The number of nitrogens with zero attached hydrogens (tertiary/aromatic N) is 2. The van der Waals surface area contributed by atoms with E-state index in [1.807, 2.05) is 17.9 Å². The summed E-state index contributed by atoms with van der Waals surface area (Å²) >= 11 is 0. The Balaban J connectivity index is 0.00000364. The number of hydrogen-bond donors (Lipinski definition) is 2. The first kappa shape index (κ1) is 23.7. The molecule has 0 unspecified atom stereocenters. The van der Waals surface area contributed by atoms with Gasteiger partial charge in [-0.05, 0) is 37.3 Å². The summed E-state index contributed by atoms with van der Waals surface area (Å²) in [5.41, 5.74) is 2.65. The number of aliphatic imine (C=N–C) groups is 1. The van der Waals surface area contributed by atoms with Crippen molar-refractivity contribution in [2.75, 3.05) is 39.9 Å².